The Labute approximate surface area is 146 Å². The van der Waals surface area contributed by atoms with Gasteiger partial charge in [-0.3, -0.25) is 9.78 Å². The third-order valence-electron chi connectivity index (χ3n) is 3.50. The molecule has 2 aromatic rings. The molecular formula is C18H21ClN2OS. The van der Waals surface area contributed by atoms with Crippen LogP contribution in [-0.2, 0) is 10.5 Å². The van der Waals surface area contributed by atoms with Crippen LogP contribution in [0.15, 0.2) is 47.5 Å². The number of pyridine rings is 1. The predicted octanol–water partition coefficient (Wildman–Crippen LogP) is 4.89. The maximum Gasteiger partial charge on any atom is 0.231 e. The lowest BCUT2D eigenvalue weighted by atomic mass is 9.95. The Morgan fingerprint density at radius 3 is 2.70 bits per heavy atom. The van der Waals surface area contributed by atoms with Crippen molar-refractivity contribution in [3.05, 3.63) is 53.9 Å². The number of carbonyl (C=O) groups is 1. The summed E-state index contributed by atoms with van der Waals surface area (Å²) >= 11 is 7.57. The highest BCUT2D eigenvalue weighted by Gasteiger charge is 2.27. The van der Waals surface area contributed by atoms with Gasteiger partial charge in [-0.2, -0.15) is 0 Å². The SMILES string of the molecule is Cc1cccc(NC(=O)C(C)(C)CCl)c1SCc1ccccn1. The van der Waals surface area contributed by atoms with Crippen molar-refractivity contribution >= 4 is 35.0 Å². The van der Waals surface area contributed by atoms with E-state index < -0.39 is 5.41 Å². The van der Waals surface area contributed by atoms with E-state index in [0.717, 1.165) is 27.6 Å². The lowest BCUT2D eigenvalue weighted by Gasteiger charge is -2.22. The summed E-state index contributed by atoms with van der Waals surface area (Å²) in [6.07, 6.45) is 1.79. The van der Waals surface area contributed by atoms with Gasteiger partial charge in [0.15, 0.2) is 0 Å². The Balaban J connectivity index is 2.18. The molecule has 0 aliphatic heterocycles. The first-order valence-corrected chi connectivity index (χ1v) is 8.96. The second-order valence-corrected chi connectivity index (χ2v) is 7.29. The standard InChI is InChI=1S/C18H21ClN2OS/c1-13-7-6-9-15(21-17(22)18(2,3)12-19)16(13)23-11-14-8-4-5-10-20-14/h4-10H,11-12H2,1-3H3,(H,21,22). The number of nitrogens with zero attached hydrogens (tertiary/aromatic N) is 1. The fourth-order valence-electron chi connectivity index (χ4n) is 1.92. The number of aromatic nitrogens is 1. The van der Waals surface area contributed by atoms with Crippen molar-refractivity contribution < 1.29 is 4.79 Å². The molecule has 5 heteroatoms. The van der Waals surface area contributed by atoms with Gasteiger partial charge in [0.2, 0.25) is 5.91 Å². The molecule has 2 rings (SSSR count). The van der Waals surface area contributed by atoms with Crippen LogP contribution in [0.5, 0.6) is 0 Å². The van der Waals surface area contributed by atoms with Gasteiger partial charge in [-0.1, -0.05) is 18.2 Å². The second-order valence-electron chi connectivity index (χ2n) is 6.03. The zero-order valence-electron chi connectivity index (χ0n) is 13.6. The number of carbonyl (C=O) groups excluding carboxylic acids is 1. The number of alkyl halides is 1. The van der Waals surface area contributed by atoms with E-state index >= 15 is 0 Å². The van der Waals surface area contributed by atoms with Crippen LogP contribution in [0.25, 0.3) is 0 Å². The Hall–Kier alpha value is -1.52. The average Bonchev–Trinajstić information content (AvgIpc) is 2.55. The van der Waals surface area contributed by atoms with Crippen molar-refractivity contribution in [1.29, 1.82) is 0 Å². The highest BCUT2D eigenvalue weighted by atomic mass is 35.5. The Morgan fingerprint density at radius 2 is 2.04 bits per heavy atom. The fraction of sp³-hybridized carbons (Fsp3) is 0.333. The monoisotopic (exact) mass is 348 g/mol. The van der Waals surface area contributed by atoms with Crippen molar-refractivity contribution in [2.24, 2.45) is 5.41 Å². The van der Waals surface area contributed by atoms with E-state index in [2.05, 4.69) is 10.3 Å². The largest absolute Gasteiger partial charge is 0.325 e. The molecule has 0 unspecified atom stereocenters. The molecule has 23 heavy (non-hydrogen) atoms. The van der Waals surface area contributed by atoms with E-state index in [0.29, 0.717) is 0 Å². The van der Waals surface area contributed by atoms with Crippen LogP contribution in [0.4, 0.5) is 5.69 Å². The minimum absolute atomic E-state index is 0.0715. The second kappa shape index (κ2) is 7.84. The number of hydrogen-bond donors (Lipinski definition) is 1. The van der Waals surface area contributed by atoms with E-state index in [1.54, 1.807) is 18.0 Å². The molecular weight excluding hydrogens is 328 g/mol. The summed E-state index contributed by atoms with van der Waals surface area (Å²) in [5.41, 5.74) is 2.37. The first-order valence-electron chi connectivity index (χ1n) is 7.44. The molecule has 1 N–H and O–H groups in total. The molecule has 0 radical (unpaired) electrons. The van der Waals surface area contributed by atoms with E-state index in [9.17, 15) is 4.79 Å². The average molecular weight is 349 g/mol. The van der Waals surface area contributed by atoms with Crippen LogP contribution in [0.2, 0.25) is 0 Å². The minimum atomic E-state index is -0.603. The number of rotatable bonds is 6. The van der Waals surface area contributed by atoms with Gasteiger partial charge in [0.25, 0.3) is 0 Å². The highest BCUT2D eigenvalue weighted by molar-refractivity contribution is 7.98. The van der Waals surface area contributed by atoms with E-state index in [-0.39, 0.29) is 11.8 Å². The van der Waals surface area contributed by atoms with Crippen molar-refractivity contribution in [1.82, 2.24) is 4.98 Å². The van der Waals surface area contributed by atoms with Crippen LogP contribution in [-0.4, -0.2) is 16.8 Å². The zero-order valence-corrected chi connectivity index (χ0v) is 15.2. The van der Waals surface area contributed by atoms with Gasteiger partial charge in [0.05, 0.1) is 16.8 Å². The number of hydrogen-bond acceptors (Lipinski definition) is 3. The quantitative estimate of drug-likeness (QED) is 0.597. The smallest absolute Gasteiger partial charge is 0.231 e. The Kier molecular flexibility index (Phi) is 6.08. The van der Waals surface area contributed by atoms with Gasteiger partial charge in [0, 0.05) is 22.7 Å². The number of thioether (sulfide) groups is 1. The number of amides is 1. The molecule has 122 valence electrons. The van der Waals surface area contributed by atoms with Gasteiger partial charge in [-0.15, -0.1) is 23.4 Å². The van der Waals surface area contributed by atoms with Crippen LogP contribution < -0.4 is 5.32 Å². The van der Waals surface area contributed by atoms with Gasteiger partial charge in [-0.25, -0.2) is 0 Å². The van der Waals surface area contributed by atoms with Crippen LogP contribution >= 0.6 is 23.4 Å². The number of benzene rings is 1. The van der Waals surface area contributed by atoms with Gasteiger partial charge in [0.1, 0.15) is 0 Å². The number of halogens is 1. The molecule has 1 aromatic carbocycles. The van der Waals surface area contributed by atoms with Crippen molar-refractivity contribution in [2.45, 2.75) is 31.4 Å². The van der Waals surface area contributed by atoms with Crippen LogP contribution in [0.1, 0.15) is 25.1 Å². The van der Waals surface area contributed by atoms with Crippen molar-refractivity contribution in [3.63, 3.8) is 0 Å². The van der Waals surface area contributed by atoms with E-state index in [1.807, 2.05) is 57.2 Å². The molecule has 0 bridgehead atoms. The molecule has 0 saturated carbocycles. The summed E-state index contributed by atoms with van der Waals surface area (Å²) in [6, 6.07) is 11.8. The normalized spacial score (nSPS) is 11.3. The van der Waals surface area contributed by atoms with Crippen molar-refractivity contribution in [3.8, 4) is 0 Å². The summed E-state index contributed by atoms with van der Waals surface area (Å²) in [5.74, 6) is 0.965. The number of nitrogens with one attached hydrogen (secondary N) is 1. The Morgan fingerprint density at radius 1 is 1.26 bits per heavy atom. The Bertz CT molecular complexity index is 674. The molecule has 0 fully saturated rings. The molecule has 1 heterocycles. The van der Waals surface area contributed by atoms with Crippen LogP contribution in [0.3, 0.4) is 0 Å². The molecule has 0 atom stereocenters. The molecule has 1 amide bonds. The lowest BCUT2D eigenvalue weighted by molar-refractivity contribution is -0.122. The number of aryl methyl sites for hydroxylation is 1. The molecule has 0 saturated heterocycles. The molecule has 0 spiro atoms. The maximum absolute atomic E-state index is 12.4. The van der Waals surface area contributed by atoms with E-state index in [1.165, 1.54) is 0 Å². The minimum Gasteiger partial charge on any atom is -0.325 e. The summed E-state index contributed by atoms with van der Waals surface area (Å²) in [7, 11) is 0. The predicted molar refractivity (Wildman–Crippen MR) is 98.1 cm³/mol. The topological polar surface area (TPSA) is 42.0 Å². The zero-order chi connectivity index (χ0) is 16.9. The van der Waals surface area contributed by atoms with E-state index in [4.69, 9.17) is 11.6 Å². The van der Waals surface area contributed by atoms with Gasteiger partial charge >= 0.3 is 0 Å². The molecule has 3 nitrogen and oxygen atoms in total. The van der Waals surface area contributed by atoms with Gasteiger partial charge < -0.3 is 5.32 Å². The maximum atomic E-state index is 12.4. The third kappa shape index (κ3) is 4.72. The van der Waals surface area contributed by atoms with Gasteiger partial charge in [-0.05, 0) is 44.5 Å². The highest BCUT2D eigenvalue weighted by Crippen LogP contribution is 2.33. The lowest BCUT2D eigenvalue weighted by Crippen LogP contribution is -2.32. The third-order valence-corrected chi connectivity index (χ3v) is 5.44. The molecule has 0 aliphatic rings. The summed E-state index contributed by atoms with van der Waals surface area (Å²) in [5, 5.41) is 3.01. The fourth-order valence-corrected chi connectivity index (χ4v) is 3.08. The van der Waals surface area contributed by atoms with Crippen LogP contribution in [0, 0.1) is 12.3 Å². The summed E-state index contributed by atoms with van der Waals surface area (Å²) in [6.45, 7) is 5.72. The first kappa shape index (κ1) is 17.8. The molecule has 0 aliphatic carbocycles. The number of anilines is 1. The van der Waals surface area contributed by atoms with Crippen molar-refractivity contribution in [2.75, 3.05) is 11.2 Å². The summed E-state index contributed by atoms with van der Waals surface area (Å²) in [4.78, 5) is 17.8. The summed E-state index contributed by atoms with van der Waals surface area (Å²) < 4.78 is 0. The first-order chi connectivity index (χ1) is 10.9. The molecule has 1 aromatic heterocycles.